The zero-order valence-electron chi connectivity index (χ0n) is 10.3. The lowest BCUT2D eigenvalue weighted by atomic mass is 10.3. The van der Waals surface area contributed by atoms with Crippen molar-refractivity contribution in [1.29, 1.82) is 10.8 Å². The Bertz CT molecular complexity index is 383. The lowest BCUT2D eigenvalue weighted by Gasteiger charge is -2.30. The molecule has 0 fully saturated rings. The number of guanidine groups is 2. The summed E-state index contributed by atoms with van der Waals surface area (Å²) in [5, 5.41) is 15.7. The van der Waals surface area contributed by atoms with E-state index in [0.29, 0.717) is 13.1 Å². The quantitative estimate of drug-likeness (QED) is 0.548. The van der Waals surface area contributed by atoms with Crippen molar-refractivity contribution in [2.75, 3.05) is 18.0 Å². The van der Waals surface area contributed by atoms with Crippen LogP contribution in [0.5, 0.6) is 0 Å². The molecular weight excluding hydrogens is 214 g/mol. The molecule has 0 unspecified atom stereocenters. The molecular formula is C12H19N5. The van der Waals surface area contributed by atoms with Crippen molar-refractivity contribution < 1.29 is 0 Å². The first-order valence-electron chi connectivity index (χ1n) is 5.64. The van der Waals surface area contributed by atoms with E-state index in [1.54, 1.807) is 0 Å². The van der Waals surface area contributed by atoms with Gasteiger partial charge < -0.3 is 10.6 Å². The van der Waals surface area contributed by atoms with Gasteiger partial charge in [0.2, 0.25) is 5.96 Å². The van der Waals surface area contributed by atoms with Crippen molar-refractivity contribution in [3.05, 3.63) is 30.3 Å². The van der Waals surface area contributed by atoms with Crippen LogP contribution in [-0.4, -0.2) is 29.9 Å². The molecule has 0 radical (unpaired) electrons. The van der Waals surface area contributed by atoms with E-state index in [4.69, 9.17) is 16.6 Å². The predicted molar refractivity (Wildman–Crippen MR) is 71.5 cm³/mol. The SMILES string of the molecule is CCN(CC)C(=N)N(C(=N)N)c1ccccc1. The Balaban J connectivity index is 3.02. The molecule has 17 heavy (non-hydrogen) atoms. The third-order valence-electron chi connectivity index (χ3n) is 2.53. The van der Waals surface area contributed by atoms with E-state index < -0.39 is 0 Å². The van der Waals surface area contributed by atoms with Gasteiger partial charge >= 0.3 is 0 Å². The highest BCUT2D eigenvalue weighted by Gasteiger charge is 2.18. The maximum atomic E-state index is 8.10. The van der Waals surface area contributed by atoms with Crippen LogP contribution in [0, 0.1) is 10.8 Å². The molecule has 0 aliphatic heterocycles. The van der Waals surface area contributed by atoms with E-state index in [1.165, 1.54) is 4.90 Å². The van der Waals surface area contributed by atoms with E-state index in [1.807, 2.05) is 49.1 Å². The molecule has 92 valence electrons. The van der Waals surface area contributed by atoms with Crippen molar-refractivity contribution in [2.45, 2.75) is 13.8 Å². The Hall–Kier alpha value is -2.04. The first-order valence-corrected chi connectivity index (χ1v) is 5.64. The van der Waals surface area contributed by atoms with Crippen LogP contribution in [0.15, 0.2) is 30.3 Å². The number of nitrogens with two attached hydrogens (primary N) is 1. The van der Waals surface area contributed by atoms with Gasteiger partial charge in [-0.15, -0.1) is 0 Å². The predicted octanol–water partition coefficient (Wildman–Crippen LogP) is 1.66. The number of anilines is 1. The molecule has 0 saturated heterocycles. The Kier molecular flexibility index (Phi) is 4.51. The Morgan fingerprint density at radius 3 is 2.06 bits per heavy atom. The number of nitrogens with one attached hydrogen (secondary N) is 2. The summed E-state index contributed by atoms with van der Waals surface area (Å²) in [6.07, 6.45) is 0. The molecule has 1 rings (SSSR count). The maximum absolute atomic E-state index is 8.10. The van der Waals surface area contributed by atoms with Gasteiger partial charge in [-0.2, -0.15) is 0 Å². The first-order chi connectivity index (χ1) is 8.11. The highest BCUT2D eigenvalue weighted by Crippen LogP contribution is 2.14. The molecule has 0 amide bonds. The first kappa shape index (κ1) is 13.0. The third-order valence-corrected chi connectivity index (χ3v) is 2.53. The Labute approximate surface area is 102 Å². The summed E-state index contributed by atoms with van der Waals surface area (Å²) in [6, 6.07) is 9.28. The van der Waals surface area contributed by atoms with E-state index in [0.717, 1.165) is 5.69 Å². The second kappa shape index (κ2) is 5.89. The van der Waals surface area contributed by atoms with Crippen LogP contribution in [0.3, 0.4) is 0 Å². The molecule has 0 aliphatic carbocycles. The number of para-hydroxylation sites is 1. The van der Waals surface area contributed by atoms with Crippen LogP contribution in [0.1, 0.15) is 13.8 Å². The Morgan fingerprint density at radius 1 is 1.12 bits per heavy atom. The summed E-state index contributed by atoms with van der Waals surface area (Å²) in [4.78, 5) is 3.27. The topological polar surface area (TPSA) is 80.2 Å². The van der Waals surface area contributed by atoms with Crippen LogP contribution in [-0.2, 0) is 0 Å². The summed E-state index contributed by atoms with van der Waals surface area (Å²) < 4.78 is 0. The normalized spacial score (nSPS) is 9.76. The minimum absolute atomic E-state index is 0.145. The van der Waals surface area contributed by atoms with Crippen LogP contribution in [0.2, 0.25) is 0 Å². The van der Waals surface area contributed by atoms with Crippen LogP contribution in [0.4, 0.5) is 5.69 Å². The summed E-state index contributed by atoms with van der Waals surface area (Å²) >= 11 is 0. The lowest BCUT2D eigenvalue weighted by molar-refractivity contribution is 0.457. The van der Waals surface area contributed by atoms with Crippen molar-refractivity contribution >= 4 is 17.6 Å². The number of hydrogen-bond donors (Lipinski definition) is 3. The number of hydrogen-bond acceptors (Lipinski definition) is 2. The van der Waals surface area contributed by atoms with E-state index >= 15 is 0 Å². The highest BCUT2D eigenvalue weighted by molar-refractivity contribution is 6.14. The van der Waals surface area contributed by atoms with Crippen molar-refractivity contribution in [2.24, 2.45) is 5.73 Å². The van der Waals surface area contributed by atoms with Gasteiger partial charge in [-0.25, -0.2) is 0 Å². The fourth-order valence-corrected chi connectivity index (χ4v) is 1.62. The average molecular weight is 233 g/mol. The van der Waals surface area contributed by atoms with Gasteiger partial charge in [-0.05, 0) is 26.0 Å². The lowest BCUT2D eigenvalue weighted by Crippen LogP contribution is -2.49. The molecule has 4 N–H and O–H groups in total. The zero-order valence-corrected chi connectivity index (χ0v) is 10.3. The highest BCUT2D eigenvalue weighted by atomic mass is 15.4. The van der Waals surface area contributed by atoms with Crippen LogP contribution >= 0.6 is 0 Å². The third kappa shape index (κ3) is 2.96. The van der Waals surface area contributed by atoms with E-state index in [-0.39, 0.29) is 11.9 Å². The summed E-state index contributed by atoms with van der Waals surface area (Å²) in [5.74, 6) is 0.0850. The van der Waals surface area contributed by atoms with Gasteiger partial charge in [-0.1, -0.05) is 18.2 Å². The van der Waals surface area contributed by atoms with Gasteiger partial charge in [0.25, 0.3) is 0 Å². The fraction of sp³-hybridized carbons (Fsp3) is 0.333. The molecule has 0 heterocycles. The molecule has 0 aromatic heterocycles. The standard InChI is InChI=1S/C12H19N5/c1-3-16(4-2)12(15)17(11(13)14)10-8-6-5-7-9-10/h5-9,15H,3-4H2,1-2H3,(H3,13,14). The molecule has 0 atom stereocenters. The van der Waals surface area contributed by atoms with Crippen molar-refractivity contribution in [3.63, 3.8) is 0 Å². The van der Waals surface area contributed by atoms with Gasteiger partial charge in [0.05, 0.1) is 5.69 Å². The molecule has 5 heteroatoms. The van der Waals surface area contributed by atoms with Gasteiger partial charge in [0.1, 0.15) is 0 Å². The summed E-state index contributed by atoms with van der Waals surface area (Å²) in [7, 11) is 0. The van der Waals surface area contributed by atoms with Crippen LogP contribution < -0.4 is 10.6 Å². The second-order valence-corrected chi connectivity index (χ2v) is 3.55. The van der Waals surface area contributed by atoms with Crippen molar-refractivity contribution in [1.82, 2.24) is 4.90 Å². The number of benzene rings is 1. The molecule has 0 spiro atoms. The fourth-order valence-electron chi connectivity index (χ4n) is 1.62. The summed E-state index contributed by atoms with van der Waals surface area (Å²) in [5.41, 5.74) is 6.29. The molecule has 0 bridgehead atoms. The maximum Gasteiger partial charge on any atom is 0.205 e. The summed E-state index contributed by atoms with van der Waals surface area (Å²) in [6.45, 7) is 5.38. The van der Waals surface area contributed by atoms with Gasteiger partial charge in [0, 0.05) is 13.1 Å². The average Bonchev–Trinajstić information content (AvgIpc) is 2.31. The van der Waals surface area contributed by atoms with E-state index in [9.17, 15) is 0 Å². The van der Waals surface area contributed by atoms with Gasteiger partial charge in [-0.3, -0.25) is 15.7 Å². The molecule has 0 aliphatic rings. The number of rotatable bonds is 3. The van der Waals surface area contributed by atoms with Crippen LogP contribution in [0.25, 0.3) is 0 Å². The zero-order chi connectivity index (χ0) is 12.8. The molecule has 0 saturated carbocycles. The molecule has 5 nitrogen and oxygen atoms in total. The molecule has 1 aromatic carbocycles. The van der Waals surface area contributed by atoms with E-state index in [2.05, 4.69) is 0 Å². The smallest absolute Gasteiger partial charge is 0.205 e. The second-order valence-electron chi connectivity index (χ2n) is 3.55. The Morgan fingerprint density at radius 2 is 1.65 bits per heavy atom. The molecule has 1 aromatic rings. The van der Waals surface area contributed by atoms with Gasteiger partial charge in [0.15, 0.2) is 5.96 Å². The monoisotopic (exact) mass is 233 g/mol. The minimum Gasteiger partial charge on any atom is -0.369 e. The number of nitrogens with zero attached hydrogens (tertiary/aromatic N) is 2. The largest absolute Gasteiger partial charge is 0.369 e. The van der Waals surface area contributed by atoms with Crippen molar-refractivity contribution in [3.8, 4) is 0 Å². The minimum atomic E-state index is -0.145.